The number of aliphatic hydroxyl groups is 1. The Labute approximate surface area is 268 Å². The Morgan fingerprint density at radius 2 is 1.93 bits per heavy atom. The number of fused-ring (bicyclic) bond motifs is 1. The van der Waals surface area contributed by atoms with E-state index in [9.17, 15) is 24.6 Å². The third kappa shape index (κ3) is 8.83. The summed E-state index contributed by atoms with van der Waals surface area (Å²) in [5.41, 5.74) is 0.743. The highest BCUT2D eigenvalue weighted by Gasteiger charge is 2.47. The van der Waals surface area contributed by atoms with Gasteiger partial charge in [-0.1, -0.05) is 40.2 Å². The number of carbonyl (C=O) groups is 3. The van der Waals surface area contributed by atoms with Gasteiger partial charge in [-0.15, -0.1) is 0 Å². The van der Waals surface area contributed by atoms with Crippen LogP contribution in [0.3, 0.4) is 0 Å². The number of hydrogen-bond donors (Lipinski definition) is 3. The molecule has 1 aromatic rings. The molecule has 3 aliphatic rings. The first-order valence-corrected chi connectivity index (χ1v) is 17.0. The minimum absolute atomic E-state index is 0.00551. The lowest BCUT2D eigenvalue weighted by Crippen LogP contribution is -2.51. The van der Waals surface area contributed by atoms with Gasteiger partial charge < -0.3 is 34.6 Å². The van der Waals surface area contributed by atoms with E-state index in [1.54, 1.807) is 17.0 Å². The van der Waals surface area contributed by atoms with Crippen molar-refractivity contribution in [3.8, 4) is 11.5 Å². The van der Waals surface area contributed by atoms with Gasteiger partial charge >= 0.3 is 12.1 Å². The first-order chi connectivity index (χ1) is 21.5. The van der Waals surface area contributed by atoms with E-state index in [-0.39, 0.29) is 61.9 Å². The lowest BCUT2D eigenvalue weighted by molar-refractivity contribution is -0.167. The van der Waals surface area contributed by atoms with Gasteiger partial charge in [0.05, 0.1) is 19.6 Å². The predicted molar refractivity (Wildman–Crippen MR) is 169 cm³/mol. The number of phenolic OH excluding ortho intramolecular Hbond substituents is 1. The van der Waals surface area contributed by atoms with E-state index in [0.717, 1.165) is 44.1 Å². The van der Waals surface area contributed by atoms with Crippen molar-refractivity contribution in [2.75, 3.05) is 20.3 Å². The fourth-order valence-electron chi connectivity index (χ4n) is 7.95. The number of rotatable bonds is 13. The summed E-state index contributed by atoms with van der Waals surface area (Å²) in [5, 5.41) is 21.9. The Hall–Kier alpha value is -3.01. The molecule has 0 bridgehead atoms. The minimum atomic E-state index is -0.473. The van der Waals surface area contributed by atoms with Gasteiger partial charge in [-0.25, -0.2) is 4.79 Å². The zero-order chi connectivity index (χ0) is 32.7. The van der Waals surface area contributed by atoms with Crippen LogP contribution in [0.1, 0.15) is 91.0 Å². The van der Waals surface area contributed by atoms with Crippen LogP contribution in [0.4, 0.5) is 4.79 Å². The molecular formula is C35H54N2O8. The molecular weight excluding hydrogens is 576 g/mol. The number of ether oxygens (including phenoxy) is 3. The molecule has 0 spiro atoms. The molecule has 1 saturated heterocycles. The predicted octanol–water partition coefficient (Wildman–Crippen LogP) is 5.43. The molecule has 252 valence electrons. The van der Waals surface area contributed by atoms with E-state index in [4.69, 9.17) is 14.2 Å². The normalized spacial score (nSPS) is 30.5. The summed E-state index contributed by atoms with van der Waals surface area (Å²) in [6.45, 7) is 8.72. The highest BCUT2D eigenvalue weighted by Crippen LogP contribution is 2.51. The SMILES string of the molecule is CC[C@H](C)C(=O)OC1C[C@@H](C)CC2CC[C@H](C)[C@H](CC[C@@H]3C[C@H](CC(=O)NCCO)N(Cc4ccc(O)c(OC)c4)C(=O)O3)C21. The number of methoxy groups -OCH3 is 1. The number of aliphatic hydroxyl groups excluding tert-OH is 1. The maximum Gasteiger partial charge on any atom is 0.410 e. The highest BCUT2D eigenvalue weighted by atomic mass is 16.6. The van der Waals surface area contributed by atoms with E-state index in [1.165, 1.54) is 13.2 Å². The van der Waals surface area contributed by atoms with Crippen molar-refractivity contribution in [1.82, 2.24) is 10.2 Å². The molecule has 1 heterocycles. The molecule has 3 unspecified atom stereocenters. The van der Waals surface area contributed by atoms with Gasteiger partial charge in [0.25, 0.3) is 0 Å². The van der Waals surface area contributed by atoms with Gasteiger partial charge in [0.2, 0.25) is 5.91 Å². The molecule has 3 N–H and O–H groups in total. The first kappa shape index (κ1) is 34.9. The van der Waals surface area contributed by atoms with Crippen molar-refractivity contribution < 1.29 is 38.8 Å². The average molecular weight is 631 g/mol. The van der Waals surface area contributed by atoms with Crippen molar-refractivity contribution >= 4 is 18.0 Å². The first-order valence-electron chi connectivity index (χ1n) is 17.0. The van der Waals surface area contributed by atoms with Crippen molar-refractivity contribution in [3.63, 3.8) is 0 Å². The molecule has 4 rings (SSSR count). The highest BCUT2D eigenvalue weighted by molar-refractivity contribution is 5.78. The molecule has 1 aliphatic heterocycles. The van der Waals surface area contributed by atoms with Gasteiger partial charge in [0, 0.05) is 37.9 Å². The number of amides is 2. The number of phenols is 1. The maximum absolute atomic E-state index is 13.5. The number of nitrogens with one attached hydrogen (secondary N) is 1. The van der Waals surface area contributed by atoms with Crippen molar-refractivity contribution in [1.29, 1.82) is 0 Å². The average Bonchev–Trinajstić information content (AvgIpc) is 3.01. The molecule has 45 heavy (non-hydrogen) atoms. The summed E-state index contributed by atoms with van der Waals surface area (Å²) >= 11 is 0. The lowest BCUT2D eigenvalue weighted by Gasteiger charge is -2.50. The number of carbonyl (C=O) groups excluding carboxylic acids is 3. The molecule has 1 aromatic carbocycles. The minimum Gasteiger partial charge on any atom is -0.504 e. The summed E-state index contributed by atoms with van der Waals surface area (Å²) in [5.74, 6) is 2.06. The monoisotopic (exact) mass is 630 g/mol. The van der Waals surface area contributed by atoms with Crippen LogP contribution in [-0.2, 0) is 25.6 Å². The number of aromatic hydroxyl groups is 1. The molecule has 3 fully saturated rings. The quantitative estimate of drug-likeness (QED) is 0.246. The summed E-state index contributed by atoms with van der Waals surface area (Å²) in [6.07, 6.45) is 6.38. The summed E-state index contributed by atoms with van der Waals surface area (Å²) < 4.78 is 17.5. The number of benzene rings is 1. The summed E-state index contributed by atoms with van der Waals surface area (Å²) in [4.78, 5) is 40.7. The van der Waals surface area contributed by atoms with E-state index in [2.05, 4.69) is 19.2 Å². The molecule has 9 atom stereocenters. The van der Waals surface area contributed by atoms with Crippen LogP contribution in [0.15, 0.2) is 18.2 Å². The van der Waals surface area contributed by atoms with Crippen LogP contribution in [-0.4, -0.2) is 71.6 Å². The third-order valence-corrected chi connectivity index (χ3v) is 10.6. The topological polar surface area (TPSA) is 135 Å². The zero-order valence-corrected chi connectivity index (χ0v) is 27.7. The zero-order valence-electron chi connectivity index (χ0n) is 27.7. The van der Waals surface area contributed by atoms with E-state index >= 15 is 0 Å². The lowest BCUT2D eigenvalue weighted by atomic mass is 9.58. The maximum atomic E-state index is 13.5. The molecule has 2 saturated carbocycles. The second-order valence-electron chi connectivity index (χ2n) is 13.8. The summed E-state index contributed by atoms with van der Waals surface area (Å²) in [6, 6.07) is 4.52. The van der Waals surface area contributed by atoms with Gasteiger partial charge in [-0.2, -0.15) is 0 Å². The second kappa shape index (κ2) is 16.0. The molecule has 10 nitrogen and oxygen atoms in total. The third-order valence-electron chi connectivity index (χ3n) is 10.6. The molecule has 2 aliphatic carbocycles. The second-order valence-corrected chi connectivity index (χ2v) is 13.8. The smallest absolute Gasteiger partial charge is 0.410 e. The van der Waals surface area contributed by atoms with E-state index in [0.29, 0.717) is 48.2 Å². The number of nitrogens with zero attached hydrogens (tertiary/aromatic N) is 1. The molecule has 2 amide bonds. The van der Waals surface area contributed by atoms with Crippen molar-refractivity contribution in [3.05, 3.63) is 23.8 Å². The van der Waals surface area contributed by atoms with Crippen molar-refractivity contribution in [2.24, 2.45) is 35.5 Å². The van der Waals surface area contributed by atoms with Crippen LogP contribution in [0.5, 0.6) is 11.5 Å². The van der Waals surface area contributed by atoms with Crippen molar-refractivity contribution in [2.45, 2.75) is 110 Å². The van der Waals surface area contributed by atoms with Crippen LogP contribution < -0.4 is 10.1 Å². The molecule has 0 radical (unpaired) electrons. The standard InChI is InChI=1S/C35H54N2O8/c1-6-22(3)34(41)45-31-16-21(2)15-25-9-7-23(4)28(33(25)31)11-10-27-18-26(19-32(40)36-13-14-38)37(35(42)44-27)20-24-8-12-29(39)30(17-24)43-5/h8,12,17,21-23,25-28,31,33,38-39H,6-7,9-11,13-16,18-20H2,1-5H3,(H,36,40)/t21-,22-,23-,25?,26+,27+,28-,31?,33?/m0/s1. The Morgan fingerprint density at radius 3 is 2.64 bits per heavy atom. The number of hydrogen-bond acceptors (Lipinski definition) is 8. The van der Waals surface area contributed by atoms with Crippen LogP contribution >= 0.6 is 0 Å². The summed E-state index contributed by atoms with van der Waals surface area (Å²) in [7, 11) is 1.47. The van der Waals surface area contributed by atoms with Gasteiger partial charge in [0.1, 0.15) is 12.2 Å². The van der Waals surface area contributed by atoms with Crippen LogP contribution in [0.2, 0.25) is 0 Å². The fourth-order valence-corrected chi connectivity index (χ4v) is 7.95. The van der Waals surface area contributed by atoms with Gasteiger partial charge in [-0.3, -0.25) is 9.59 Å². The Bertz CT molecular complexity index is 1160. The fraction of sp³-hybridized carbons (Fsp3) is 0.743. The van der Waals surface area contributed by atoms with E-state index < -0.39 is 12.1 Å². The Morgan fingerprint density at radius 1 is 1.16 bits per heavy atom. The van der Waals surface area contributed by atoms with Crippen LogP contribution in [0, 0.1) is 35.5 Å². The van der Waals surface area contributed by atoms with Gasteiger partial charge in [-0.05, 0) is 79.9 Å². The Kier molecular flexibility index (Phi) is 12.4. The number of esters is 1. The van der Waals surface area contributed by atoms with Crippen LogP contribution in [0.25, 0.3) is 0 Å². The largest absolute Gasteiger partial charge is 0.504 e. The van der Waals surface area contributed by atoms with Gasteiger partial charge in [0.15, 0.2) is 11.5 Å². The molecule has 10 heteroatoms. The Balaban J connectivity index is 1.48. The van der Waals surface area contributed by atoms with E-state index in [1.807, 2.05) is 13.8 Å². The molecule has 0 aromatic heterocycles. The number of cyclic esters (lactones) is 1.